The Balaban J connectivity index is 1.84. The summed E-state index contributed by atoms with van der Waals surface area (Å²) in [5.74, 6) is -0.263. The average molecular weight is 302 g/mol. The Morgan fingerprint density at radius 1 is 1.33 bits per heavy atom. The minimum atomic E-state index is -0.257. The van der Waals surface area contributed by atoms with Gasteiger partial charge in [0.2, 0.25) is 0 Å². The molecule has 0 saturated carbocycles. The van der Waals surface area contributed by atoms with Gasteiger partial charge in [0, 0.05) is 12.7 Å². The van der Waals surface area contributed by atoms with Crippen molar-refractivity contribution < 1.29 is 9.18 Å². The highest BCUT2D eigenvalue weighted by atomic mass is 32.2. The lowest BCUT2D eigenvalue weighted by Gasteiger charge is -2.41. The molecule has 2 heterocycles. The lowest BCUT2D eigenvalue weighted by molar-refractivity contribution is 0.0456. The molecule has 108 valence electrons. The van der Waals surface area contributed by atoms with Gasteiger partial charge in [-0.3, -0.25) is 4.79 Å². The summed E-state index contributed by atoms with van der Waals surface area (Å²) in [6.45, 7) is 0.726. The highest BCUT2D eigenvalue weighted by Crippen LogP contribution is 2.35. The lowest BCUT2D eigenvalue weighted by Crippen LogP contribution is -2.45. The van der Waals surface area contributed by atoms with Gasteiger partial charge in [0.25, 0.3) is 5.91 Å². The molecule has 3 rings (SSSR count). The number of nitrogens with zero attached hydrogens (tertiary/aromatic N) is 2. The fourth-order valence-corrected chi connectivity index (χ4v) is 3.07. The molecule has 0 aliphatic carbocycles. The first kappa shape index (κ1) is 14.1. The number of pyridine rings is 1. The van der Waals surface area contributed by atoms with Gasteiger partial charge in [-0.1, -0.05) is 12.1 Å². The summed E-state index contributed by atoms with van der Waals surface area (Å²) < 4.78 is 13.0. The second-order valence-electron chi connectivity index (χ2n) is 4.91. The molecular formula is C16H15FN2OS. The monoisotopic (exact) mass is 302 g/mol. The second kappa shape index (κ2) is 5.85. The molecule has 0 unspecified atom stereocenters. The van der Waals surface area contributed by atoms with E-state index in [2.05, 4.69) is 4.98 Å². The number of halogens is 1. The molecule has 1 aliphatic rings. The molecule has 1 amide bonds. The predicted molar refractivity (Wildman–Crippen MR) is 80.8 cm³/mol. The molecule has 3 nitrogen and oxygen atoms in total. The van der Waals surface area contributed by atoms with Crippen LogP contribution in [0.2, 0.25) is 0 Å². The zero-order valence-electron chi connectivity index (χ0n) is 11.6. The van der Waals surface area contributed by atoms with Crippen molar-refractivity contribution >= 4 is 17.7 Å². The van der Waals surface area contributed by atoms with Crippen LogP contribution >= 0.6 is 11.8 Å². The number of thioether (sulfide) groups is 1. The minimum absolute atomic E-state index is 0.00646. The third-order valence-electron chi connectivity index (χ3n) is 3.73. The lowest BCUT2D eigenvalue weighted by atomic mass is 9.94. The van der Waals surface area contributed by atoms with Crippen molar-refractivity contribution in [2.24, 2.45) is 0 Å². The van der Waals surface area contributed by atoms with E-state index in [-0.39, 0.29) is 17.8 Å². The van der Waals surface area contributed by atoms with E-state index < -0.39 is 0 Å². The van der Waals surface area contributed by atoms with Gasteiger partial charge in [0.15, 0.2) is 0 Å². The van der Waals surface area contributed by atoms with Crippen LogP contribution in [0.4, 0.5) is 4.39 Å². The molecule has 0 spiro atoms. The molecule has 0 bridgehead atoms. The number of carbonyl (C=O) groups excluding carboxylic acids is 1. The molecule has 5 heteroatoms. The van der Waals surface area contributed by atoms with Gasteiger partial charge in [0.05, 0.1) is 11.6 Å². The van der Waals surface area contributed by atoms with Gasteiger partial charge in [-0.15, -0.1) is 11.8 Å². The topological polar surface area (TPSA) is 33.2 Å². The smallest absolute Gasteiger partial charge is 0.257 e. The summed E-state index contributed by atoms with van der Waals surface area (Å²) in [7, 11) is 0. The zero-order valence-corrected chi connectivity index (χ0v) is 12.4. The number of aromatic nitrogens is 1. The fourth-order valence-electron chi connectivity index (χ4n) is 2.53. The quantitative estimate of drug-likeness (QED) is 0.813. The van der Waals surface area contributed by atoms with Crippen molar-refractivity contribution in [1.29, 1.82) is 0 Å². The van der Waals surface area contributed by atoms with Gasteiger partial charge in [-0.05, 0) is 42.5 Å². The fraction of sp³-hybridized carbons (Fsp3) is 0.250. The van der Waals surface area contributed by atoms with Crippen molar-refractivity contribution in [3.8, 4) is 0 Å². The molecule has 21 heavy (non-hydrogen) atoms. The highest BCUT2D eigenvalue weighted by Gasteiger charge is 2.34. The van der Waals surface area contributed by atoms with E-state index >= 15 is 0 Å². The number of rotatable bonds is 3. The van der Waals surface area contributed by atoms with E-state index in [0.717, 1.165) is 23.6 Å². The van der Waals surface area contributed by atoms with E-state index in [9.17, 15) is 9.18 Å². The third-order valence-corrected chi connectivity index (χ3v) is 4.44. The largest absolute Gasteiger partial charge is 0.331 e. The molecule has 0 N–H and O–H groups in total. The Morgan fingerprint density at radius 2 is 2.10 bits per heavy atom. The summed E-state index contributed by atoms with van der Waals surface area (Å²) in [4.78, 5) is 18.7. The summed E-state index contributed by atoms with van der Waals surface area (Å²) in [6.07, 6.45) is 4.51. The van der Waals surface area contributed by atoms with Gasteiger partial charge in [-0.2, -0.15) is 0 Å². The molecule has 1 fully saturated rings. The van der Waals surface area contributed by atoms with Gasteiger partial charge in [-0.25, -0.2) is 9.37 Å². The Labute approximate surface area is 127 Å². The first-order valence-electron chi connectivity index (χ1n) is 6.76. The molecule has 0 radical (unpaired) electrons. The summed E-state index contributed by atoms with van der Waals surface area (Å²) >= 11 is 1.47. The van der Waals surface area contributed by atoms with Crippen LogP contribution in [0.25, 0.3) is 0 Å². The molecule has 2 aromatic rings. The number of hydrogen-bond acceptors (Lipinski definition) is 3. The number of hydrogen-bond donors (Lipinski definition) is 0. The summed E-state index contributed by atoms with van der Waals surface area (Å²) in [5.41, 5.74) is 1.61. The van der Waals surface area contributed by atoms with Crippen LogP contribution in [-0.4, -0.2) is 28.6 Å². The zero-order chi connectivity index (χ0) is 14.8. The van der Waals surface area contributed by atoms with Crippen LogP contribution in [0.15, 0.2) is 47.6 Å². The molecule has 1 aromatic heterocycles. The second-order valence-corrected chi connectivity index (χ2v) is 5.71. The van der Waals surface area contributed by atoms with Crippen molar-refractivity contribution in [3.63, 3.8) is 0 Å². The summed E-state index contributed by atoms with van der Waals surface area (Å²) in [6, 6.07) is 9.99. The van der Waals surface area contributed by atoms with Crippen molar-refractivity contribution in [1.82, 2.24) is 9.88 Å². The van der Waals surface area contributed by atoms with E-state index in [4.69, 9.17) is 0 Å². The van der Waals surface area contributed by atoms with Gasteiger partial charge >= 0.3 is 0 Å². The maximum atomic E-state index is 13.0. The Hall–Kier alpha value is -1.88. The average Bonchev–Trinajstić information content (AvgIpc) is 2.48. The Kier molecular flexibility index (Phi) is 3.92. The van der Waals surface area contributed by atoms with Crippen molar-refractivity contribution in [3.05, 3.63) is 59.5 Å². The van der Waals surface area contributed by atoms with Crippen LogP contribution in [0.5, 0.6) is 0 Å². The Bertz CT molecular complexity index is 660. The van der Waals surface area contributed by atoms with Crippen LogP contribution in [0.3, 0.4) is 0 Å². The predicted octanol–water partition coefficient (Wildman–Crippen LogP) is 3.53. The van der Waals surface area contributed by atoms with Crippen LogP contribution < -0.4 is 0 Å². The van der Waals surface area contributed by atoms with Crippen LogP contribution in [0, 0.1) is 5.82 Å². The first-order chi connectivity index (χ1) is 10.2. The SMILES string of the molecule is CSc1ncccc1C(=O)N1CC[C@@H]1c1ccc(F)cc1. The van der Waals surface area contributed by atoms with Gasteiger partial charge < -0.3 is 4.90 Å². The first-order valence-corrected chi connectivity index (χ1v) is 7.98. The minimum Gasteiger partial charge on any atom is -0.331 e. The number of carbonyl (C=O) groups is 1. The number of benzene rings is 1. The molecule has 1 atom stereocenters. The van der Waals surface area contributed by atoms with Crippen LogP contribution in [0.1, 0.15) is 28.4 Å². The van der Waals surface area contributed by atoms with Crippen molar-refractivity contribution in [2.45, 2.75) is 17.5 Å². The molecule has 1 aromatic carbocycles. The van der Waals surface area contributed by atoms with E-state index in [1.807, 2.05) is 11.2 Å². The summed E-state index contributed by atoms with van der Waals surface area (Å²) in [5, 5.41) is 0.743. The van der Waals surface area contributed by atoms with Gasteiger partial charge in [0.1, 0.15) is 10.8 Å². The molecule has 1 saturated heterocycles. The van der Waals surface area contributed by atoms with E-state index in [1.54, 1.807) is 30.5 Å². The Morgan fingerprint density at radius 3 is 2.71 bits per heavy atom. The van der Waals surface area contributed by atoms with E-state index in [1.165, 1.54) is 23.9 Å². The third kappa shape index (κ3) is 2.65. The number of amides is 1. The maximum absolute atomic E-state index is 13.0. The highest BCUT2D eigenvalue weighted by molar-refractivity contribution is 7.98. The molecule has 1 aliphatic heterocycles. The van der Waals surface area contributed by atoms with Crippen LogP contribution in [-0.2, 0) is 0 Å². The van der Waals surface area contributed by atoms with E-state index in [0.29, 0.717) is 5.56 Å². The number of likely N-dealkylation sites (tertiary alicyclic amines) is 1. The maximum Gasteiger partial charge on any atom is 0.257 e. The van der Waals surface area contributed by atoms with Crippen molar-refractivity contribution in [2.75, 3.05) is 12.8 Å². The standard InChI is InChI=1S/C16H15FN2OS/c1-21-15-13(3-2-9-18-15)16(20)19-10-8-14(19)11-4-6-12(17)7-5-11/h2-7,9,14H,8,10H2,1H3/t14-/m1/s1. The normalized spacial score (nSPS) is 17.4. The molecular weight excluding hydrogens is 287 g/mol.